The lowest BCUT2D eigenvalue weighted by atomic mass is 10.2. The van der Waals surface area contributed by atoms with Gasteiger partial charge in [-0.05, 0) is 26.8 Å². The highest BCUT2D eigenvalue weighted by atomic mass is 32.2. The number of nitrogens with one attached hydrogen (secondary N) is 1. The lowest BCUT2D eigenvalue weighted by molar-refractivity contribution is -0.0440. The molecule has 2 rings (SSSR count). The van der Waals surface area contributed by atoms with E-state index in [0.717, 1.165) is 0 Å². The van der Waals surface area contributed by atoms with Crippen LogP contribution in [0.1, 0.15) is 30.0 Å². The van der Waals surface area contributed by atoms with E-state index in [-0.39, 0.29) is 30.4 Å². The molecule has 0 radical (unpaired) electrons. The van der Waals surface area contributed by atoms with Gasteiger partial charge in [-0.25, -0.2) is 8.42 Å². The third-order valence-corrected chi connectivity index (χ3v) is 5.33. The van der Waals surface area contributed by atoms with Gasteiger partial charge in [0.15, 0.2) is 0 Å². The summed E-state index contributed by atoms with van der Waals surface area (Å²) >= 11 is 0. The van der Waals surface area contributed by atoms with Crippen LogP contribution in [0.5, 0.6) is 0 Å². The molecule has 2 atom stereocenters. The minimum Gasteiger partial charge on any atom is -0.469 e. The van der Waals surface area contributed by atoms with E-state index in [1.807, 2.05) is 13.8 Å². The fraction of sp³-hybridized carbons (Fsp3) is 0.643. The summed E-state index contributed by atoms with van der Waals surface area (Å²) in [4.78, 5) is 11.9. The summed E-state index contributed by atoms with van der Waals surface area (Å²) in [5.41, 5.74) is 0.422. The average Bonchev–Trinajstić information content (AvgIpc) is 2.83. The van der Waals surface area contributed by atoms with Crippen molar-refractivity contribution in [2.75, 3.05) is 25.4 Å². The quantitative estimate of drug-likeness (QED) is 0.861. The first-order valence-electron chi connectivity index (χ1n) is 7.25. The van der Waals surface area contributed by atoms with Crippen molar-refractivity contribution in [1.82, 2.24) is 9.62 Å². The molecule has 0 spiro atoms. The number of rotatable bonds is 5. The SMILES string of the molecule is Cc1occc1C(=O)NCCS(=O)(=O)N1C[C@@H](C)O[C@@H](C)C1. The molecule has 2 heterocycles. The third kappa shape index (κ3) is 4.08. The fourth-order valence-electron chi connectivity index (χ4n) is 2.50. The van der Waals surface area contributed by atoms with Crippen LogP contribution in [0.15, 0.2) is 16.7 Å². The average molecular weight is 330 g/mol. The van der Waals surface area contributed by atoms with E-state index in [2.05, 4.69) is 5.32 Å². The molecule has 0 aromatic carbocycles. The summed E-state index contributed by atoms with van der Waals surface area (Å²) in [5, 5.41) is 2.61. The van der Waals surface area contributed by atoms with Gasteiger partial charge in [0.1, 0.15) is 5.76 Å². The maximum atomic E-state index is 12.3. The first-order chi connectivity index (χ1) is 10.3. The Morgan fingerprint density at radius 2 is 2.00 bits per heavy atom. The van der Waals surface area contributed by atoms with E-state index >= 15 is 0 Å². The monoisotopic (exact) mass is 330 g/mol. The van der Waals surface area contributed by atoms with E-state index in [0.29, 0.717) is 24.4 Å². The molecule has 0 bridgehead atoms. The molecule has 1 aromatic rings. The van der Waals surface area contributed by atoms with Crippen LogP contribution in [0.2, 0.25) is 0 Å². The second-order valence-electron chi connectivity index (χ2n) is 5.54. The van der Waals surface area contributed by atoms with Gasteiger partial charge in [0.25, 0.3) is 5.91 Å². The van der Waals surface area contributed by atoms with Gasteiger partial charge in [0, 0.05) is 19.6 Å². The van der Waals surface area contributed by atoms with Gasteiger partial charge in [-0.1, -0.05) is 0 Å². The van der Waals surface area contributed by atoms with Crippen LogP contribution in [0.3, 0.4) is 0 Å². The minimum atomic E-state index is -3.41. The highest BCUT2D eigenvalue weighted by Gasteiger charge is 2.30. The molecule has 1 fully saturated rings. The molecule has 1 aliphatic rings. The standard InChI is InChI=1S/C14H22N2O5S/c1-10-8-16(9-11(2)21-10)22(18,19)7-5-15-14(17)13-4-6-20-12(13)3/h4,6,10-11H,5,7-9H2,1-3H3,(H,15,17)/t10-,11+. The Kier molecular flexibility index (Phi) is 5.25. The number of amides is 1. The number of hydrogen-bond acceptors (Lipinski definition) is 5. The van der Waals surface area contributed by atoms with Crippen LogP contribution < -0.4 is 5.32 Å². The molecule has 124 valence electrons. The van der Waals surface area contributed by atoms with Crippen molar-refractivity contribution in [3.8, 4) is 0 Å². The maximum Gasteiger partial charge on any atom is 0.254 e. The van der Waals surface area contributed by atoms with Crippen molar-refractivity contribution in [3.05, 3.63) is 23.7 Å². The van der Waals surface area contributed by atoms with Crippen molar-refractivity contribution in [1.29, 1.82) is 0 Å². The molecule has 1 aliphatic heterocycles. The number of hydrogen-bond donors (Lipinski definition) is 1. The molecule has 1 amide bonds. The van der Waals surface area contributed by atoms with Gasteiger partial charge < -0.3 is 14.5 Å². The Balaban J connectivity index is 1.87. The fourth-order valence-corrected chi connectivity index (χ4v) is 3.99. The topological polar surface area (TPSA) is 88.8 Å². The Bertz CT molecular complexity index is 615. The largest absolute Gasteiger partial charge is 0.469 e. The lowest BCUT2D eigenvalue weighted by Crippen LogP contribution is -2.49. The molecule has 0 saturated carbocycles. The zero-order chi connectivity index (χ0) is 16.3. The first kappa shape index (κ1) is 17.0. The van der Waals surface area contributed by atoms with Crippen molar-refractivity contribution in [2.24, 2.45) is 0 Å². The number of carbonyl (C=O) groups is 1. The zero-order valence-electron chi connectivity index (χ0n) is 13.0. The number of nitrogens with zero attached hydrogens (tertiary/aromatic N) is 1. The molecule has 0 unspecified atom stereocenters. The molecule has 0 aliphatic carbocycles. The van der Waals surface area contributed by atoms with E-state index in [4.69, 9.17) is 9.15 Å². The smallest absolute Gasteiger partial charge is 0.254 e. The summed E-state index contributed by atoms with van der Waals surface area (Å²) < 4.78 is 36.6. The molecule has 8 heteroatoms. The molecular weight excluding hydrogens is 308 g/mol. The van der Waals surface area contributed by atoms with E-state index in [1.165, 1.54) is 10.6 Å². The Labute approximate surface area is 130 Å². The number of morpholine rings is 1. The number of carbonyl (C=O) groups excluding carboxylic acids is 1. The second-order valence-corrected chi connectivity index (χ2v) is 7.63. The zero-order valence-corrected chi connectivity index (χ0v) is 13.9. The second kappa shape index (κ2) is 6.80. The number of furan rings is 1. The maximum absolute atomic E-state index is 12.3. The molecule has 1 N–H and O–H groups in total. The summed E-state index contributed by atoms with van der Waals surface area (Å²) in [5.74, 6) is 0.0519. The molecule has 1 aromatic heterocycles. The predicted octanol–water partition coefficient (Wildman–Crippen LogP) is 0.757. The first-order valence-corrected chi connectivity index (χ1v) is 8.86. The van der Waals surface area contributed by atoms with E-state index in [1.54, 1.807) is 13.0 Å². The van der Waals surface area contributed by atoms with Crippen LogP contribution in [-0.2, 0) is 14.8 Å². The Hall–Kier alpha value is -1.38. The Morgan fingerprint density at radius 3 is 2.55 bits per heavy atom. The van der Waals surface area contributed by atoms with Gasteiger partial charge in [-0.15, -0.1) is 0 Å². The summed E-state index contributed by atoms with van der Waals surface area (Å²) in [6.07, 6.45) is 1.18. The van der Waals surface area contributed by atoms with Crippen molar-refractivity contribution in [3.63, 3.8) is 0 Å². The van der Waals surface area contributed by atoms with Crippen molar-refractivity contribution >= 4 is 15.9 Å². The summed E-state index contributed by atoms with van der Waals surface area (Å²) in [6.45, 7) is 6.14. The predicted molar refractivity (Wildman–Crippen MR) is 81.1 cm³/mol. The van der Waals surface area contributed by atoms with Crippen molar-refractivity contribution in [2.45, 2.75) is 33.0 Å². The van der Waals surface area contributed by atoms with E-state index in [9.17, 15) is 13.2 Å². The number of ether oxygens (including phenoxy) is 1. The normalized spacial score (nSPS) is 23.4. The molecule has 22 heavy (non-hydrogen) atoms. The van der Waals surface area contributed by atoms with Crippen LogP contribution in [0, 0.1) is 6.92 Å². The summed E-state index contributed by atoms with van der Waals surface area (Å²) in [6, 6.07) is 1.56. The molecular formula is C14H22N2O5S. The molecule has 7 nitrogen and oxygen atoms in total. The highest BCUT2D eigenvalue weighted by molar-refractivity contribution is 7.89. The third-order valence-electron chi connectivity index (χ3n) is 3.53. The number of sulfonamides is 1. The highest BCUT2D eigenvalue weighted by Crippen LogP contribution is 2.14. The van der Waals surface area contributed by atoms with Gasteiger partial charge in [-0.2, -0.15) is 4.31 Å². The van der Waals surface area contributed by atoms with E-state index < -0.39 is 10.0 Å². The van der Waals surface area contributed by atoms with Crippen LogP contribution >= 0.6 is 0 Å². The van der Waals surface area contributed by atoms with Gasteiger partial charge in [0.05, 0.1) is 29.8 Å². The van der Waals surface area contributed by atoms with Crippen molar-refractivity contribution < 1.29 is 22.4 Å². The number of aryl methyl sites for hydroxylation is 1. The summed E-state index contributed by atoms with van der Waals surface area (Å²) in [7, 11) is -3.41. The van der Waals surface area contributed by atoms with Crippen LogP contribution in [-0.4, -0.2) is 56.2 Å². The van der Waals surface area contributed by atoms with Gasteiger partial charge in [0.2, 0.25) is 10.0 Å². The molecule has 1 saturated heterocycles. The van der Waals surface area contributed by atoms with Gasteiger partial charge >= 0.3 is 0 Å². The Morgan fingerprint density at radius 1 is 1.36 bits per heavy atom. The van der Waals surface area contributed by atoms with Crippen LogP contribution in [0.25, 0.3) is 0 Å². The van der Waals surface area contributed by atoms with Crippen LogP contribution in [0.4, 0.5) is 0 Å². The minimum absolute atomic E-state index is 0.0614. The van der Waals surface area contributed by atoms with Gasteiger partial charge in [-0.3, -0.25) is 4.79 Å². The lowest BCUT2D eigenvalue weighted by Gasteiger charge is -2.34.